The van der Waals surface area contributed by atoms with Crippen molar-refractivity contribution in [2.45, 2.75) is 28.5 Å². The van der Waals surface area contributed by atoms with Gasteiger partial charge in [-0.2, -0.15) is 0 Å². The SMILES string of the molecule is CCC(Sc1c([O-])on[n+]1C)C(=O)Nc1ccc(S(N)(=O)=O)cc1. The number of nitrogens with one attached hydrogen (secondary N) is 1. The van der Waals surface area contributed by atoms with Crippen LogP contribution in [-0.2, 0) is 21.9 Å². The molecule has 130 valence electrons. The molecule has 9 nitrogen and oxygen atoms in total. The summed E-state index contributed by atoms with van der Waals surface area (Å²) in [6.45, 7) is 1.80. The van der Waals surface area contributed by atoms with Crippen LogP contribution in [0.1, 0.15) is 13.3 Å². The molecular formula is C13H16N4O5S2. The van der Waals surface area contributed by atoms with E-state index < -0.39 is 21.2 Å². The van der Waals surface area contributed by atoms with E-state index in [9.17, 15) is 18.3 Å². The van der Waals surface area contributed by atoms with Crippen LogP contribution in [-0.4, -0.2) is 24.8 Å². The molecule has 0 spiro atoms. The van der Waals surface area contributed by atoms with Crippen molar-refractivity contribution in [1.82, 2.24) is 5.27 Å². The Balaban J connectivity index is 2.09. The number of hydrogen-bond acceptors (Lipinski definition) is 7. The van der Waals surface area contributed by atoms with Gasteiger partial charge in [0.1, 0.15) is 0 Å². The molecule has 2 aromatic rings. The maximum absolute atomic E-state index is 12.3. The molecule has 0 aliphatic carbocycles. The van der Waals surface area contributed by atoms with Gasteiger partial charge in [-0.3, -0.25) is 4.79 Å². The van der Waals surface area contributed by atoms with Crippen molar-refractivity contribution in [1.29, 1.82) is 0 Å². The third kappa shape index (κ3) is 4.24. The molecule has 3 N–H and O–H groups in total. The van der Waals surface area contributed by atoms with Crippen molar-refractivity contribution in [2.75, 3.05) is 5.32 Å². The lowest BCUT2D eigenvalue weighted by Crippen LogP contribution is -2.34. The number of nitrogens with two attached hydrogens (primary N) is 1. The second-order valence-corrected chi connectivity index (χ2v) is 7.62. The molecule has 0 saturated heterocycles. The van der Waals surface area contributed by atoms with Gasteiger partial charge in [-0.05, 0) is 42.4 Å². The van der Waals surface area contributed by atoms with E-state index >= 15 is 0 Å². The van der Waals surface area contributed by atoms with Crippen molar-refractivity contribution >= 4 is 33.4 Å². The predicted octanol–water partition coefficient (Wildman–Crippen LogP) is -0.270. The molecule has 0 bridgehead atoms. The summed E-state index contributed by atoms with van der Waals surface area (Å²) in [5.74, 6) is -0.933. The van der Waals surface area contributed by atoms with E-state index in [0.29, 0.717) is 12.1 Å². The topological polar surface area (TPSA) is 142 Å². The Hall–Kier alpha value is -2.11. The van der Waals surface area contributed by atoms with Crippen molar-refractivity contribution in [3.8, 4) is 5.95 Å². The lowest BCUT2D eigenvalue weighted by molar-refractivity contribution is -0.772. The van der Waals surface area contributed by atoms with Crippen molar-refractivity contribution < 1.29 is 27.5 Å². The molecule has 2 rings (SSSR count). The van der Waals surface area contributed by atoms with Crippen molar-refractivity contribution in [2.24, 2.45) is 12.2 Å². The van der Waals surface area contributed by atoms with Crippen molar-refractivity contribution in [3.63, 3.8) is 0 Å². The summed E-state index contributed by atoms with van der Waals surface area (Å²) in [7, 11) is -2.24. The van der Waals surface area contributed by atoms with Gasteiger partial charge in [0.05, 0.1) is 15.4 Å². The number of nitrogens with zero attached hydrogens (tertiary/aromatic N) is 2. The third-order valence-electron chi connectivity index (χ3n) is 3.08. The van der Waals surface area contributed by atoms with Crippen LogP contribution in [0, 0.1) is 0 Å². The minimum Gasteiger partial charge on any atom is -0.538 e. The number of primary sulfonamides is 1. The van der Waals surface area contributed by atoms with Crippen LogP contribution < -0.4 is 20.2 Å². The Morgan fingerprint density at radius 3 is 2.54 bits per heavy atom. The number of hydrogen-bond donors (Lipinski definition) is 2. The normalized spacial score (nSPS) is 12.8. The zero-order valence-electron chi connectivity index (χ0n) is 12.9. The zero-order valence-corrected chi connectivity index (χ0v) is 14.6. The first-order chi connectivity index (χ1) is 11.2. The molecule has 0 aliphatic rings. The largest absolute Gasteiger partial charge is 0.538 e. The van der Waals surface area contributed by atoms with Crippen LogP contribution in [0.4, 0.5) is 5.69 Å². The zero-order chi connectivity index (χ0) is 17.9. The first-order valence-electron chi connectivity index (χ1n) is 6.85. The van der Waals surface area contributed by atoms with Gasteiger partial charge in [-0.15, -0.1) is 0 Å². The maximum Gasteiger partial charge on any atom is 0.291 e. The standard InChI is InChI=1S/C13H16N4O5S2/c1-3-10(23-12-13(19)22-16-17(12)2)11(18)15-8-4-6-9(7-5-8)24(14,20)21/h4-7,10H,3H2,1-2H3,(H3-,14,15,16,18,19,20,21). The number of carbonyl (C=O) groups excluding carboxylic acids is 1. The first kappa shape index (κ1) is 18.2. The minimum atomic E-state index is -3.78. The van der Waals surface area contributed by atoms with Gasteiger partial charge in [-0.1, -0.05) is 11.6 Å². The Bertz CT molecular complexity index is 813. The number of aromatic nitrogens is 2. The summed E-state index contributed by atoms with van der Waals surface area (Å²) in [6, 6.07) is 5.48. The van der Waals surface area contributed by atoms with Crippen LogP contribution in [0.3, 0.4) is 0 Å². The molecule has 11 heteroatoms. The highest BCUT2D eigenvalue weighted by molar-refractivity contribution is 8.00. The smallest absolute Gasteiger partial charge is 0.291 e. The number of sulfonamides is 1. The van der Waals surface area contributed by atoms with Crippen LogP contribution in [0.25, 0.3) is 0 Å². The van der Waals surface area contributed by atoms with E-state index in [1.54, 1.807) is 14.0 Å². The average molecular weight is 372 g/mol. The summed E-state index contributed by atoms with van der Waals surface area (Å²) in [5, 5.41) is 22.4. The van der Waals surface area contributed by atoms with E-state index in [0.717, 1.165) is 11.8 Å². The molecular weight excluding hydrogens is 356 g/mol. The average Bonchev–Trinajstić information content (AvgIpc) is 2.83. The molecule has 0 saturated carbocycles. The predicted molar refractivity (Wildman–Crippen MR) is 83.5 cm³/mol. The quantitative estimate of drug-likeness (QED) is 0.525. The highest BCUT2D eigenvalue weighted by atomic mass is 32.2. The fourth-order valence-corrected chi connectivity index (χ4v) is 3.28. The summed E-state index contributed by atoms with van der Waals surface area (Å²) < 4.78 is 28.2. The highest BCUT2D eigenvalue weighted by Gasteiger charge is 2.25. The Morgan fingerprint density at radius 1 is 1.46 bits per heavy atom. The van der Waals surface area contributed by atoms with Crippen LogP contribution in [0.5, 0.6) is 5.95 Å². The van der Waals surface area contributed by atoms with Gasteiger partial charge in [0, 0.05) is 5.69 Å². The number of aryl methyl sites for hydroxylation is 1. The third-order valence-corrected chi connectivity index (χ3v) is 5.50. The minimum absolute atomic E-state index is 0.0468. The molecule has 1 heterocycles. The number of benzene rings is 1. The van der Waals surface area contributed by atoms with E-state index in [1.165, 1.54) is 28.9 Å². The lowest BCUT2D eigenvalue weighted by Gasteiger charge is -2.13. The molecule has 0 radical (unpaired) electrons. The van der Waals surface area contributed by atoms with Gasteiger partial charge >= 0.3 is 0 Å². The fourth-order valence-electron chi connectivity index (χ4n) is 1.84. The van der Waals surface area contributed by atoms with Gasteiger partial charge in [0.25, 0.3) is 5.03 Å². The molecule has 1 aromatic carbocycles. The number of anilines is 1. The lowest BCUT2D eigenvalue weighted by atomic mass is 10.3. The number of rotatable bonds is 6. The van der Waals surface area contributed by atoms with Crippen LogP contribution in [0.2, 0.25) is 0 Å². The summed E-state index contributed by atoms with van der Waals surface area (Å²) in [5.41, 5.74) is 0.420. The molecule has 24 heavy (non-hydrogen) atoms. The highest BCUT2D eigenvalue weighted by Crippen LogP contribution is 2.28. The molecule has 0 fully saturated rings. The van der Waals surface area contributed by atoms with Crippen LogP contribution >= 0.6 is 11.8 Å². The summed E-state index contributed by atoms with van der Waals surface area (Å²) >= 11 is 1.05. The molecule has 1 aromatic heterocycles. The summed E-state index contributed by atoms with van der Waals surface area (Å²) in [4.78, 5) is 12.3. The second kappa shape index (κ2) is 7.20. The molecule has 1 unspecified atom stereocenters. The Kier molecular flexibility index (Phi) is 5.47. The number of carbonyl (C=O) groups is 1. The number of thioether (sulfide) groups is 1. The Morgan fingerprint density at radius 2 is 2.08 bits per heavy atom. The van der Waals surface area contributed by atoms with Gasteiger partial charge < -0.3 is 14.9 Å². The van der Waals surface area contributed by atoms with E-state index in [2.05, 4.69) is 15.1 Å². The van der Waals surface area contributed by atoms with Crippen molar-refractivity contribution in [3.05, 3.63) is 24.3 Å². The second-order valence-electron chi connectivity index (χ2n) is 4.86. The monoisotopic (exact) mass is 372 g/mol. The van der Waals surface area contributed by atoms with Gasteiger partial charge in [0.2, 0.25) is 15.9 Å². The first-order valence-corrected chi connectivity index (χ1v) is 9.28. The maximum atomic E-state index is 12.3. The van der Waals surface area contributed by atoms with E-state index in [-0.39, 0.29) is 15.8 Å². The summed E-state index contributed by atoms with van der Waals surface area (Å²) in [6.07, 6.45) is 0.469. The Labute approximate surface area is 142 Å². The van der Waals surface area contributed by atoms with Gasteiger partial charge in [-0.25, -0.2) is 13.6 Å². The molecule has 1 atom stereocenters. The number of amides is 1. The fraction of sp³-hybridized carbons (Fsp3) is 0.308. The van der Waals surface area contributed by atoms with E-state index in [1.807, 2.05) is 0 Å². The van der Waals surface area contributed by atoms with E-state index in [4.69, 9.17) is 5.14 Å². The van der Waals surface area contributed by atoms with Gasteiger partial charge in [0.15, 0.2) is 13.0 Å². The molecule has 0 aliphatic heterocycles. The molecule has 1 amide bonds. The van der Waals surface area contributed by atoms with Crippen LogP contribution in [0.15, 0.2) is 38.7 Å².